The number of aromatic nitrogens is 2. The first-order valence-corrected chi connectivity index (χ1v) is 9.80. The Morgan fingerprint density at radius 3 is 2.76 bits per heavy atom. The van der Waals surface area contributed by atoms with E-state index in [1.165, 1.54) is 0 Å². The molecule has 2 fully saturated rings. The molecule has 1 atom stereocenters. The molecule has 148 valence electrons. The number of rotatable bonds is 4. The number of hydrogen-bond donors (Lipinski definition) is 1. The number of fused-ring (bicyclic) bond motifs is 1. The lowest BCUT2D eigenvalue weighted by atomic mass is 9.96. The van der Waals surface area contributed by atoms with E-state index in [2.05, 4.69) is 9.97 Å². The summed E-state index contributed by atoms with van der Waals surface area (Å²) in [6.07, 6.45) is 0.252. The standard InChI is InChI=1S/C22H22N4O3/c1-29-17-6-4-5-16(10-17)26-13-14(9-20(26)27)22(28)25-11-15(12-25)21-23-18-7-2-3-8-19(18)24-21/h2-8,10,14-15H,9,11-13H2,1H3,(H,23,24). The van der Waals surface area contributed by atoms with Crippen LogP contribution in [0.3, 0.4) is 0 Å². The molecule has 2 aliphatic heterocycles. The molecule has 2 amide bonds. The number of amides is 2. The molecule has 2 aliphatic rings. The van der Waals surface area contributed by atoms with Crippen molar-refractivity contribution >= 4 is 28.5 Å². The van der Waals surface area contributed by atoms with E-state index in [0.717, 1.165) is 22.5 Å². The second-order valence-electron chi connectivity index (χ2n) is 7.69. The van der Waals surface area contributed by atoms with Gasteiger partial charge < -0.3 is 19.5 Å². The van der Waals surface area contributed by atoms with Crippen LogP contribution < -0.4 is 9.64 Å². The zero-order chi connectivity index (χ0) is 20.0. The number of aromatic amines is 1. The third kappa shape index (κ3) is 3.12. The van der Waals surface area contributed by atoms with E-state index in [0.29, 0.717) is 25.4 Å². The van der Waals surface area contributed by atoms with Crippen LogP contribution in [0.1, 0.15) is 18.2 Å². The van der Waals surface area contributed by atoms with Crippen molar-refractivity contribution in [3.05, 3.63) is 54.4 Å². The Hall–Kier alpha value is -3.35. The van der Waals surface area contributed by atoms with E-state index in [-0.39, 0.29) is 30.1 Å². The highest BCUT2D eigenvalue weighted by atomic mass is 16.5. The molecule has 1 unspecified atom stereocenters. The van der Waals surface area contributed by atoms with E-state index in [9.17, 15) is 9.59 Å². The molecule has 29 heavy (non-hydrogen) atoms. The van der Waals surface area contributed by atoms with Gasteiger partial charge in [-0.15, -0.1) is 0 Å². The Morgan fingerprint density at radius 1 is 1.14 bits per heavy atom. The number of carbonyl (C=O) groups is 2. The highest BCUT2D eigenvalue weighted by molar-refractivity contribution is 6.00. The maximum absolute atomic E-state index is 12.9. The third-order valence-corrected chi connectivity index (χ3v) is 5.83. The smallest absolute Gasteiger partial charge is 0.228 e. The van der Waals surface area contributed by atoms with Crippen molar-refractivity contribution in [3.63, 3.8) is 0 Å². The summed E-state index contributed by atoms with van der Waals surface area (Å²) < 4.78 is 5.24. The van der Waals surface area contributed by atoms with Crippen LogP contribution in [-0.2, 0) is 9.59 Å². The number of anilines is 1. The first-order valence-electron chi connectivity index (χ1n) is 9.80. The Kier molecular flexibility index (Phi) is 4.23. The summed E-state index contributed by atoms with van der Waals surface area (Å²) in [4.78, 5) is 36.9. The quantitative estimate of drug-likeness (QED) is 0.743. The monoisotopic (exact) mass is 390 g/mol. The molecular weight excluding hydrogens is 368 g/mol. The van der Waals surface area contributed by atoms with Gasteiger partial charge in [0, 0.05) is 37.8 Å². The largest absolute Gasteiger partial charge is 0.497 e. The molecule has 7 nitrogen and oxygen atoms in total. The summed E-state index contributed by atoms with van der Waals surface area (Å²) in [5, 5.41) is 0. The van der Waals surface area contributed by atoms with Gasteiger partial charge in [0.1, 0.15) is 11.6 Å². The number of nitrogens with zero attached hydrogens (tertiary/aromatic N) is 3. The fraction of sp³-hybridized carbons (Fsp3) is 0.318. The molecule has 1 N–H and O–H groups in total. The lowest BCUT2D eigenvalue weighted by Gasteiger charge is -2.39. The lowest BCUT2D eigenvalue weighted by molar-refractivity contribution is -0.140. The number of carbonyl (C=O) groups excluding carboxylic acids is 2. The Labute approximate surface area is 168 Å². The molecule has 3 aromatic rings. The van der Waals surface area contributed by atoms with E-state index in [1.54, 1.807) is 12.0 Å². The number of imidazole rings is 1. The van der Waals surface area contributed by atoms with Crippen LogP contribution in [0.2, 0.25) is 0 Å². The van der Waals surface area contributed by atoms with Crippen LogP contribution in [0.5, 0.6) is 5.75 Å². The number of para-hydroxylation sites is 2. The van der Waals surface area contributed by atoms with E-state index in [4.69, 9.17) is 4.74 Å². The number of nitrogens with one attached hydrogen (secondary N) is 1. The van der Waals surface area contributed by atoms with Crippen LogP contribution in [0.15, 0.2) is 48.5 Å². The van der Waals surface area contributed by atoms with Crippen LogP contribution >= 0.6 is 0 Å². The van der Waals surface area contributed by atoms with Gasteiger partial charge >= 0.3 is 0 Å². The number of hydrogen-bond acceptors (Lipinski definition) is 4. The van der Waals surface area contributed by atoms with Gasteiger partial charge in [-0.05, 0) is 24.3 Å². The number of methoxy groups -OCH3 is 1. The third-order valence-electron chi connectivity index (χ3n) is 5.83. The van der Waals surface area contributed by atoms with Crippen LogP contribution in [0.4, 0.5) is 5.69 Å². The molecule has 0 aliphatic carbocycles. The molecule has 0 spiro atoms. The SMILES string of the molecule is COc1cccc(N2CC(C(=O)N3CC(c4nc5ccccc5[nH]4)C3)CC2=O)c1. The molecule has 0 radical (unpaired) electrons. The normalized spacial score (nSPS) is 19.6. The van der Waals surface area contributed by atoms with Gasteiger partial charge in [0.25, 0.3) is 0 Å². The first-order chi connectivity index (χ1) is 14.1. The van der Waals surface area contributed by atoms with E-state index in [1.807, 2.05) is 53.4 Å². The van der Waals surface area contributed by atoms with Crippen molar-refractivity contribution in [3.8, 4) is 5.75 Å². The summed E-state index contributed by atoms with van der Waals surface area (Å²) in [5.74, 6) is 1.57. The number of benzene rings is 2. The van der Waals surface area contributed by atoms with Gasteiger partial charge in [-0.3, -0.25) is 9.59 Å². The fourth-order valence-corrected chi connectivity index (χ4v) is 4.16. The second kappa shape index (κ2) is 6.92. The Morgan fingerprint density at radius 2 is 1.97 bits per heavy atom. The highest BCUT2D eigenvalue weighted by Gasteiger charge is 2.41. The molecule has 2 saturated heterocycles. The lowest BCUT2D eigenvalue weighted by Crippen LogP contribution is -2.51. The van der Waals surface area contributed by atoms with Crippen molar-refractivity contribution in [1.82, 2.24) is 14.9 Å². The minimum Gasteiger partial charge on any atom is -0.497 e. The van der Waals surface area contributed by atoms with Gasteiger partial charge in [-0.1, -0.05) is 18.2 Å². The average molecular weight is 390 g/mol. The minimum atomic E-state index is -0.301. The van der Waals surface area contributed by atoms with Crippen LogP contribution in [0.25, 0.3) is 11.0 Å². The van der Waals surface area contributed by atoms with Crippen LogP contribution in [-0.4, -0.2) is 53.4 Å². The molecular formula is C22H22N4O3. The predicted molar refractivity (Wildman–Crippen MR) is 109 cm³/mol. The fourth-order valence-electron chi connectivity index (χ4n) is 4.16. The zero-order valence-electron chi connectivity index (χ0n) is 16.2. The summed E-state index contributed by atoms with van der Waals surface area (Å²) in [7, 11) is 1.60. The molecule has 7 heteroatoms. The van der Waals surface area contributed by atoms with Crippen molar-refractivity contribution in [2.75, 3.05) is 31.6 Å². The molecule has 0 saturated carbocycles. The number of H-pyrrole nitrogens is 1. The van der Waals surface area contributed by atoms with Gasteiger partial charge in [0.05, 0.1) is 30.0 Å². The molecule has 2 aromatic carbocycles. The molecule has 5 rings (SSSR count). The van der Waals surface area contributed by atoms with Crippen molar-refractivity contribution in [1.29, 1.82) is 0 Å². The second-order valence-corrected chi connectivity index (χ2v) is 7.69. The van der Waals surface area contributed by atoms with Crippen LogP contribution in [0, 0.1) is 5.92 Å². The molecule has 1 aromatic heterocycles. The van der Waals surface area contributed by atoms with Gasteiger partial charge in [0.15, 0.2) is 0 Å². The van der Waals surface area contributed by atoms with E-state index < -0.39 is 0 Å². The first kappa shape index (κ1) is 17.7. The van der Waals surface area contributed by atoms with Crippen molar-refractivity contribution in [2.45, 2.75) is 12.3 Å². The van der Waals surface area contributed by atoms with Gasteiger partial charge in [-0.25, -0.2) is 4.98 Å². The molecule has 3 heterocycles. The van der Waals surface area contributed by atoms with E-state index >= 15 is 0 Å². The summed E-state index contributed by atoms with van der Waals surface area (Å²) >= 11 is 0. The molecule has 0 bridgehead atoms. The maximum Gasteiger partial charge on any atom is 0.228 e. The number of likely N-dealkylation sites (tertiary alicyclic amines) is 1. The summed E-state index contributed by atoms with van der Waals surface area (Å²) in [6.45, 7) is 1.70. The van der Waals surface area contributed by atoms with Crippen molar-refractivity contribution < 1.29 is 14.3 Å². The Balaban J connectivity index is 1.23. The number of ether oxygens (including phenoxy) is 1. The van der Waals surface area contributed by atoms with Crippen molar-refractivity contribution in [2.24, 2.45) is 5.92 Å². The van der Waals surface area contributed by atoms with Gasteiger partial charge in [0.2, 0.25) is 11.8 Å². The summed E-state index contributed by atoms with van der Waals surface area (Å²) in [6, 6.07) is 15.3. The average Bonchev–Trinajstić information content (AvgIpc) is 3.30. The highest BCUT2D eigenvalue weighted by Crippen LogP contribution is 2.32. The maximum atomic E-state index is 12.9. The minimum absolute atomic E-state index is 0.0223. The zero-order valence-corrected chi connectivity index (χ0v) is 16.2. The Bertz CT molecular complexity index is 1050. The topological polar surface area (TPSA) is 78.5 Å². The van der Waals surface area contributed by atoms with Gasteiger partial charge in [-0.2, -0.15) is 0 Å². The summed E-state index contributed by atoms with van der Waals surface area (Å²) in [5.41, 5.74) is 2.73. The predicted octanol–water partition coefficient (Wildman–Crippen LogP) is 2.55.